The molecular formula is C22H22N2O4. The highest BCUT2D eigenvalue weighted by Crippen LogP contribution is 2.17. The van der Waals surface area contributed by atoms with Gasteiger partial charge in [-0.3, -0.25) is 9.59 Å². The van der Waals surface area contributed by atoms with Gasteiger partial charge in [-0.25, -0.2) is 4.79 Å². The molecule has 144 valence electrons. The number of rotatable bonds is 7. The lowest BCUT2D eigenvalue weighted by Crippen LogP contribution is -2.24. The molecule has 1 heterocycles. The minimum atomic E-state index is -0.931. The smallest absolute Gasteiger partial charge is 0.355 e. The number of hydrogen-bond acceptors (Lipinski definition) is 4. The molecule has 1 atom stereocenters. The molecule has 2 aromatic carbocycles. The summed E-state index contributed by atoms with van der Waals surface area (Å²) in [7, 11) is 0. The number of ether oxygens (including phenoxy) is 1. The fourth-order valence-corrected chi connectivity index (χ4v) is 2.86. The van der Waals surface area contributed by atoms with Crippen LogP contribution in [0.2, 0.25) is 0 Å². The molecule has 2 N–H and O–H groups in total. The predicted octanol–water partition coefficient (Wildman–Crippen LogP) is 4.33. The Morgan fingerprint density at radius 3 is 2.46 bits per heavy atom. The summed E-state index contributed by atoms with van der Waals surface area (Å²) in [6.45, 7) is 3.47. The summed E-state index contributed by atoms with van der Waals surface area (Å²) in [5, 5.41) is 3.66. The Hall–Kier alpha value is -3.41. The van der Waals surface area contributed by atoms with Crippen LogP contribution >= 0.6 is 0 Å². The van der Waals surface area contributed by atoms with Crippen LogP contribution < -0.4 is 5.32 Å². The predicted molar refractivity (Wildman–Crippen MR) is 107 cm³/mol. The van der Waals surface area contributed by atoms with E-state index in [1.54, 1.807) is 37.3 Å². The van der Waals surface area contributed by atoms with Gasteiger partial charge in [0.1, 0.15) is 5.69 Å². The average Bonchev–Trinajstić information content (AvgIpc) is 3.12. The molecule has 3 aromatic rings. The van der Waals surface area contributed by atoms with Gasteiger partial charge in [-0.1, -0.05) is 25.1 Å². The topological polar surface area (TPSA) is 88.3 Å². The van der Waals surface area contributed by atoms with Crippen molar-refractivity contribution in [1.82, 2.24) is 4.98 Å². The number of para-hydroxylation sites is 1. The largest absolute Gasteiger partial charge is 0.450 e. The van der Waals surface area contributed by atoms with Crippen LogP contribution in [0.1, 0.15) is 47.5 Å². The molecule has 1 aromatic heterocycles. The second-order valence-corrected chi connectivity index (χ2v) is 6.56. The number of ketones is 1. The van der Waals surface area contributed by atoms with E-state index in [4.69, 9.17) is 4.74 Å². The van der Waals surface area contributed by atoms with Crippen LogP contribution in [0.3, 0.4) is 0 Å². The van der Waals surface area contributed by atoms with Gasteiger partial charge in [-0.15, -0.1) is 0 Å². The summed E-state index contributed by atoms with van der Waals surface area (Å²) in [5.74, 6) is -0.960. The lowest BCUT2D eigenvalue weighted by molar-refractivity contribution is -0.116. The Bertz CT molecular complexity index is 972. The number of esters is 1. The molecule has 0 aliphatic rings. The van der Waals surface area contributed by atoms with Crippen LogP contribution in [-0.2, 0) is 9.53 Å². The van der Waals surface area contributed by atoms with Gasteiger partial charge in [0.15, 0.2) is 6.10 Å². The van der Waals surface area contributed by atoms with Crippen LogP contribution in [-0.4, -0.2) is 28.7 Å². The van der Waals surface area contributed by atoms with Crippen LogP contribution in [0.25, 0.3) is 10.9 Å². The monoisotopic (exact) mass is 378 g/mol. The fraction of sp³-hybridized carbons (Fsp3) is 0.227. The van der Waals surface area contributed by atoms with Crippen molar-refractivity contribution in [3.05, 3.63) is 65.9 Å². The molecule has 1 amide bonds. The lowest BCUT2D eigenvalue weighted by Gasteiger charge is -2.12. The first-order valence-corrected chi connectivity index (χ1v) is 9.20. The first-order chi connectivity index (χ1) is 13.5. The SMILES string of the molecule is CCCC(=O)Nc1ccc(C(=O)[C@@H](C)OC(=O)c2cc3ccccc3[nH]2)cc1. The van der Waals surface area contributed by atoms with Gasteiger partial charge in [0.05, 0.1) is 0 Å². The van der Waals surface area contributed by atoms with Crippen molar-refractivity contribution in [2.45, 2.75) is 32.8 Å². The van der Waals surface area contributed by atoms with E-state index < -0.39 is 12.1 Å². The van der Waals surface area contributed by atoms with Crippen molar-refractivity contribution in [1.29, 1.82) is 0 Å². The van der Waals surface area contributed by atoms with E-state index in [2.05, 4.69) is 10.3 Å². The summed E-state index contributed by atoms with van der Waals surface area (Å²) in [6, 6.07) is 15.7. The lowest BCUT2D eigenvalue weighted by atomic mass is 10.1. The molecule has 0 radical (unpaired) electrons. The number of nitrogens with one attached hydrogen (secondary N) is 2. The normalized spacial score (nSPS) is 11.8. The maximum absolute atomic E-state index is 12.5. The van der Waals surface area contributed by atoms with E-state index in [0.29, 0.717) is 23.4 Å². The van der Waals surface area contributed by atoms with E-state index in [1.807, 2.05) is 31.2 Å². The van der Waals surface area contributed by atoms with E-state index in [0.717, 1.165) is 17.3 Å². The third-order valence-corrected chi connectivity index (χ3v) is 4.33. The highest BCUT2D eigenvalue weighted by molar-refractivity contribution is 6.02. The third kappa shape index (κ3) is 4.46. The Labute approximate surface area is 162 Å². The highest BCUT2D eigenvalue weighted by atomic mass is 16.5. The number of amides is 1. The molecule has 28 heavy (non-hydrogen) atoms. The number of H-pyrrole nitrogens is 1. The van der Waals surface area contributed by atoms with E-state index in [1.165, 1.54) is 0 Å². The summed E-state index contributed by atoms with van der Waals surface area (Å²) >= 11 is 0. The molecule has 0 unspecified atom stereocenters. The number of aromatic nitrogens is 1. The maximum atomic E-state index is 12.5. The average molecular weight is 378 g/mol. The fourth-order valence-electron chi connectivity index (χ4n) is 2.86. The van der Waals surface area contributed by atoms with Crippen molar-refractivity contribution >= 4 is 34.3 Å². The molecule has 0 bridgehead atoms. The molecule has 0 aliphatic carbocycles. The number of hydrogen-bond donors (Lipinski definition) is 2. The second kappa shape index (κ2) is 8.52. The molecule has 6 nitrogen and oxygen atoms in total. The van der Waals surface area contributed by atoms with Crippen LogP contribution in [0.5, 0.6) is 0 Å². The van der Waals surface area contributed by atoms with Crippen LogP contribution in [0, 0.1) is 0 Å². The molecule has 0 saturated heterocycles. The van der Waals surface area contributed by atoms with Crippen LogP contribution in [0.4, 0.5) is 5.69 Å². The zero-order valence-electron chi connectivity index (χ0n) is 15.8. The molecule has 6 heteroatoms. The van der Waals surface area contributed by atoms with E-state index >= 15 is 0 Å². The molecule has 0 aliphatic heterocycles. The molecule has 0 saturated carbocycles. The van der Waals surface area contributed by atoms with Gasteiger partial charge in [-0.05, 0) is 49.7 Å². The van der Waals surface area contributed by atoms with Gasteiger partial charge in [0.2, 0.25) is 11.7 Å². The number of Topliss-reactive ketones (excluding diaryl/α,β-unsaturated/α-hetero) is 1. The number of carbonyl (C=O) groups is 3. The first-order valence-electron chi connectivity index (χ1n) is 9.20. The quantitative estimate of drug-likeness (QED) is 0.473. The van der Waals surface area contributed by atoms with E-state index in [9.17, 15) is 14.4 Å². The Balaban J connectivity index is 1.63. The second-order valence-electron chi connectivity index (χ2n) is 6.56. The number of anilines is 1. The summed E-state index contributed by atoms with van der Waals surface area (Å²) in [4.78, 5) is 39.5. The van der Waals surface area contributed by atoms with E-state index in [-0.39, 0.29) is 11.7 Å². The zero-order valence-corrected chi connectivity index (χ0v) is 15.8. The van der Waals surface area contributed by atoms with Gasteiger partial charge < -0.3 is 15.0 Å². The minimum absolute atomic E-state index is 0.0674. The van der Waals surface area contributed by atoms with Crippen LogP contribution in [0.15, 0.2) is 54.6 Å². The van der Waals surface area contributed by atoms with Gasteiger partial charge >= 0.3 is 5.97 Å². The van der Waals surface area contributed by atoms with Gasteiger partial charge in [0.25, 0.3) is 0 Å². The molecule has 0 spiro atoms. The molecule has 3 rings (SSSR count). The van der Waals surface area contributed by atoms with Crippen molar-refractivity contribution in [2.24, 2.45) is 0 Å². The van der Waals surface area contributed by atoms with Crippen molar-refractivity contribution in [3.8, 4) is 0 Å². The Morgan fingerprint density at radius 2 is 1.79 bits per heavy atom. The number of carbonyl (C=O) groups excluding carboxylic acids is 3. The van der Waals surface area contributed by atoms with Crippen molar-refractivity contribution < 1.29 is 19.1 Å². The summed E-state index contributed by atoms with van der Waals surface area (Å²) in [6.07, 6.45) is 0.280. The Kier molecular flexibility index (Phi) is 5.89. The highest BCUT2D eigenvalue weighted by Gasteiger charge is 2.21. The minimum Gasteiger partial charge on any atom is -0.450 e. The third-order valence-electron chi connectivity index (χ3n) is 4.33. The Morgan fingerprint density at radius 1 is 1.07 bits per heavy atom. The van der Waals surface area contributed by atoms with Gasteiger partial charge in [0, 0.05) is 28.6 Å². The number of aromatic amines is 1. The standard InChI is InChI=1S/C22H22N2O4/c1-3-6-20(25)23-17-11-9-15(10-12-17)21(26)14(2)28-22(27)19-13-16-7-4-5-8-18(16)24-19/h4-5,7-14,24H,3,6H2,1-2H3,(H,23,25)/t14-/m1/s1. The molecular weight excluding hydrogens is 356 g/mol. The summed E-state index contributed by atoms with van der Waals surface area (Å²) in [5.41, 5.74) is 2.16. The van der Waals surface area contributed by atoms with Gasteiger partial charge in [-0.2, -0.15) is 0 Å². The molecule has 0 fully saturated rings. The maximum Gasteiger partial charge on any atom is 0.355 e. The van der Waals surface area contributed by atoms with Crippen molar-refractivity contribution in [2.75, 3.05) is 5.32 Å². The summed E-state index contributed by atoms with van der Waals surface area (Å²) < 4.78 is 5.32. The first kappa shape index (κ1) is 19.4. The van der Waals surface area contributed by atoms with Crippen molar-refractivity contribution in [3.63, 3.8) is 0 Å². The number of fused-ring (bicyclic) bond motifs is 1. The number of benzene rings is 2. The zero-order chi connectivity index (χ0) is 20.1.